The molecule has 0 bridgehead atoms. The number of benzene rings is 1. The fraction of sp³-hybridized carbons (Fsp3) is 0.438. The minimum atomic E-state index is 0.308. The molecule has 2 aromatic rings. The molecule has 0 radical (unpaired) electrons. The van der Waals surface area contributed by atoms with Crippen LogP contribution in [0.3, 0.4) is 0 Å². The third kappa shape index (κ3) is 2.85. The average Bonchev–Trinajstić information content (AvgIpc) is 2.89. The monoisotopic (exact) mass is 271 g/mol. The first-order valence-corrected chi connectivity index (χ1v) is 7.26. The highest BCUT2D eigenvalue weighted by atomic mass is 16.3. The molecule has 4 heteroatoms. The van der Waals surface area contributed by atoms with Crippen molar-refractivity contribution >= 4 is 0 Å². The van der Waals surface area contributed by atoms with E-state index in [9.17, 15) is 5.11 Å². The number of phenolic OH excluding ortho intramolecular Hbond substituents is 1. The van der Waals surface area contributed by atoms with Crippen molar-refractivity contribution in [2.24, 2.45) is 0 Å². The van der Waals surface area contributed by atoms with Crippen molar-refractivity contribution < 1.29 is 5.11 Å². The topological polar surface area (TPSA) is 50.1 Å². The lowest BCUT2D eigenvalue weighted by Gasteiger charge is -2.29. The van der Waals surface area contributed by atoms with Gasteiger partial charge in [0.1, 0.15) is 5.75 Å². The zero-order valence-corrected chi connectivity index (χ0v) is 11.8. The summed E-state index contributed by atoms with van der Waals surface area (Å²) in [4.78, 5) is 4.31. The number of imidazole rings is 1. The van der Waals surface area contributed by atoms with E-state index >= 15 is 0 Å². The summed E-state index contributed by atoms with van der Waals surface area (Å²) in [6, 6.07) is 8.34. The number of nitrogens with one attached hydrogen (secondary N) is 1. The first-order valence-electron chi connectivity index (χ1n) is 7.26. The molecule has 1 aromatic carbocycles. The normalized spacial score (nSPS) is 22.9. The second kappa shape index (κ2) is 5.67. The minimum absolute atomic E-state index is 0.308. The predicted molar refractivity (Wildman–Crippen MR) is 78.6 cm³/mol. The molecule has 2 unspecified atom stereocenters. The molecule has 1 aliphatic rings. The van der Waals surface area contributed by atoms with Crippen LogP contribution in [0, 0.1) is 0 Å². The van der Waals surface area contributed by atoms with Crippen LogP contribution >= 0.6 is 0 Å². The van der Waals surface area contributed by atoms with E-state index in [4.69, 9.17) is 0 Å². The highest BCUT2D eigenvalue weighted by Gasteiger charge is 2.22. The van der Waals surface area contributed by atoms with Crippen LogP contribution in [0.4, 0.5) is 0 Å². The van der Waals surface area contributed by atoms with Crippen molar-refractivity contribution in [3.05, 3.63) is 48.0 Å². The summed E-state index contributed by atoms with van der Waals surface area (Å²) in [7, 11) is 0. The molecule has 0 aliphatic carbocycles. The second-order valence-electron chi connectivity index (χ2n) is 5.66. The van der Waals surface area contributed by atoms with Gasteiger partial charge in [-0.25, -0.2) is 4.98 Å². The van der Waals surface area contributed by atoms with E-state index in [1.165, 1.54) is 30.5 Å². The van der Waals surface area contributed by atoms with Gasteiger partial charge in [0.15, 0.2) is 0 Å². The molecule has 0 amide bonds. The Morgan fingerprint density at radius 2 is 2.10 bits per heavy atom. The Balaban J connectivity index is 1.77. The molecule has 20 heavy (non-hydrogen) atoms. The summed E-state index contributed by atoms with van der Waals surface area (Å²) in [6.07, 6.45) is 7.55. The van der Waals surface area contributed by atoms with Gasteiger partial charge < -0.3 is 15.0 Å². The van der Waals surface area contributed by atoms with Crippen LogP contribution in [0.15, 0.2) is 36.8 Å². The van der Waals surface area contributed by atoms with Crippen molar-refractivity contribution in [1.82, 2.24) is 14.9 Å². The number of rotatable bonds is 3. The van der Waals surface area contributed by atoms with Gasteiger partial charge >= 0.3 is 0 Å². The summed E-state index contributed by atoms with van der Waals surface area (Å²) in [5, 5.41) is 13.0. The second-order valence-corrected chi connectivity index (χ2v) is 5.66. The zero-order chi connectivity index (χ0) is 13.9. The first kappa shape index (κ1) is 13.2. The number of hydrogen-bond acceptors (Lipinski definition) is 3. The van der Waals surface area contributed by atoms with Crippen LogP contribution in [0.25, 0.3) is 0 Å². The molecule has 1 fully saturated rings. The van der Waals surface area contributed by atoms with E-state index in [1.807, 2.05) is 24.7 Å². The number of hydrogen-bond donors (Lipinski definition) is 2. The standard InChI is InChI=1S/C16H21N3O/c1-12-3-2-4-15(18-12)16-9-17-11-19(16)10-13-5-7-14(20)8-6-13/h5-9,11-12,15,18,20H,2-4,10H2,1H3. The van der Waals surface area contributed by atoms with Crippen molar-refractivity contribution in [2.45, 2.75) is 44.8 Å². The van der Waals surface area contributed by atoms with E-state index in [0.29, 0.717) is 17.8 Å². The summed E-state index contributed by atoms with van der Waals surface area (Å²) < 4.78 is 2.20. The smallest absolute Gasteiger partial charge is 0.115 e. The number of piperidine rings is 1. The van der Waals surface area contributed by atoms with Crippen molar-refractivity contribution in [2.75, 3.05) is 0 Å². The Kier molecular flexibility index (Phi) is 3.74. The quantitative estimate of drug-likeness (QED) is 0.902. The predicted octanol–water partition coefficient (Wildman–Crippen LogP) is 2.84. The molecule has 4 nitrogen and oxygen atoms in total. The molecule has 0 saturated carbocycles. The molecular weight excluding hydrogens is 250 g/mol. The molecule has 1 saturated heterocycles. The molecule has 0 spiro atoms. The fourth-order valence-electron chi connectivity index (χ4n) is 2.92. The largest absolute Gasteiger partial charge is 0.508 e. The third-order valence-corrected chi connectivity index (χ3v) is 4.01. The Bertz CT molecular complexity index is 561. The Hall–Kier alpha value is -1.81. The highest BCUT2D eigenvalue weighted by Crippen LogP contribution is 2.25. The number of aromatic nitrogens is 2. The van der Waals surface area contributed by atoms with E-state index in [1.54, 1.807) is 12.1 Å². The molecular formula is C16H21N3O. The Morgan fingerprint density at radius 3 is 2.85 bits per heavy atom. The zero-order valence-electron chi connectivity index (χ0n) is 11.8. The summed E-state index contributed by atoms with van der Waals surface area (Å²) in [5.41, 5.74) is 2.43. The minimum Gasteiger partial charge on any atom is -0.508 e. The van der Waals surface area contributed by atoms with Gasteiger partial charge in [-0.3, -0.25) is 0 Å². The molecule has 1 aliphatic heterocycles. The molecule has 1 aromatic heterocycles. The third-order valence-electron chi connectivity index (χ3n) is 4.01. The lowest BCUT2D eigenvalue weighted by Crippen LogP contribution is -2.35. The van der Waals surface area contributed by atoms with Crippen LogP contribution in [-0.2, 0) is 6.54 Å². The fourth-order valence-corrected chi connectivity index (χ4v) is 2.92. The lowest BCUT2D eigenvalue weighted by molar-refractivity contribution is 0.330. The average molecular weight is 271 g/mol. The molecule has 2 heterocycles. The number of phenols is 1. The highest BCUT2D eigenvalue weighted by molar-refractivity contribution is 5.26. The van der Waals surface area contributed by atoms with E-state index in [0.717, 1.165) is 6.54 Å². The van der Waals surface area contributed by atoms with Gasteiger partial charge in [-0.05, 0) is 43.9 Å². The van der Waals surface area contributed by atoms with Crippen LogP contribution < -0.4 is 5.32 Å². The van der Waals surface area contributed by atoms with Gasteiger partial charge in [0.25, 0.3) is 0 Å². The Morgan fingerprint density at radius 1 is 1.30 bits per heavy atom. The Labute approximate surface area is 119 Å². The summed E-state index contributed by atoms with van der Waals surface area (Å²) in [6.45, 7) is 3.04. The summed E-state index contributed by atoms with van der Waals surface area (Å²) in [5.74, 6) is 0.308. The van der Waals surface area contributed by atoms with Gasteiger partial charge in [-0.2, -0.15) is 0 Å². The number of aromatic hydroxyl groups is 1. The van der Waals surface area contributed by atoms with E-state index in [-0.39, 0.29) is 0 Å². The van der Waals surface area contributed by atoms with Crippen LogP contribution in [0.2, 0.25) is 0 Å². The van der Waals surface area contributed by atoms with Crippen molar-refractivity contribution in [3.63, 3.8) is 0 Å². The van der Waals surface area contributed by atoms with Gasteiger partial charge in [-0.1, -0.05) is 12.1 Å². The molecule has 3 rings (SSSR count). The molecule has 2 atom stereocenters. The maximum Gasteiger partial charge on any atom is 0.115 e. The lowest BCUT2D eigenvalue weighted by atomic mass is 9.97. The van der Waals surface area contributed by atoms with Gasteiger partial charge in [0.2, 0.25) is 0 Å². The van der Waals surface area contributed by atoms with Crippen LogP contribution in [0.1, 0.15) is 43.5 Å². The van der Waals surface area contributed by atoms with Gasteiger partial charge in [-0.15, -0.1) is 0 Å². The first-order chi connectivity index (χ1) is 9.72. The van der Waals surface area contributed by atoms with Gasteiger partial charge in [0.05, 0.1) is 12.0 Å². The van der Waals surface area contributed by atoms with Crippen molar-refractivity contribution in [3.8, 4) is 5.75 Å². The SMILES string of the molecule is CC1CCCC(c2cncn2Cc2ccc(O)cc2)N1. The molecule has 106 valence electrons. The summed E-state index contributed by atoms with van der Waals surface area (Å²) >= 11 is 0. The van der Waals surface area contributed by atoms with E-state index < -0.39 is 0 Å². The maximum absolute atomic E-state index is 9.34. The maximum atomic E-state index is 9.34. The van der Waals surface area contributed by atoms with Crippen LogP contribution in [0.5, 0.6) is 5.75 Å². The van der Waals surface area contributed by atoms with Crippen LogP contribution in [-0.4, -0.2) is 20.7 Å². The van der Waals surface area contributed by atoms with E-state index in [2.05, 4.69) is 21.8 Å². The number of nitrogens with zero attached hydrogens (tertiary/aromatic N) is 2. The molecule has 2 N–H and O–H groups in total. The van der Waals surface area contributed by atoms with Gasteiger partial charge in [0, 0.05) is 24.8 Å². The van der Waals surface area contributed by atoms with Crippen molar-refractivity contribution in [1.29, 1.82) is 0 Å².